The van der Waals surface area contributed by atoms with Crippen molar-refractivity contribution >= 4 is 22.5 Å². The lowest BCUT2D eigenvalue weighted by molar-refractivity contribution is -0.140. The molecule has 5 nitrogen and oxygen atoms in total. The first-order chi connectivity index (χ1) is 12.3. The van der Waals surface area contributed by atoms with Crippen LogP contribution in [0, 0.1) is 6.92 Å². The van der Waals surface area contributed by atoms with E-state index < -0.39 is 17.8 Å². The van der Waals surface area contributed by atoms with Crippen LogP contribution < -0.4 is 10.1 Å². The fourth-order valence-electron chi connectivity index (χ4n) is 2.52. The highest BCUT2D eigenvalue weighted by Crippen LogP contribution is 2.33. The number of halogens is 3. The first kappa shape index (κ1) is 17.7. The molecule has 0 spiro atoms. The van der Waals surface area contributed by atoms with Gasteiger partial charge in [0.1, 0.15) is 17.0 Å². The number of pyridine rings is 2. The second-order valence-corrected chi connectivity index (χ2v) is 5.55. The molecule has 0 atom stereocenters. The molecule has 0 radical (unpaired) electrons. The first-order valence-electron chi connectivity index (χ1n) is 7.58. The van der Waals surface area contributed by atoms with Crippen LogP contribution in [0.1, 0.15) is 21.6 Å². The van der Waals surface area contributed by atoms with E-state index in [4.69, 9.17) is 4.74 Å². The summed E-state index contributed by atoms with van der Waals surface area (Å²) >= 11 is 0. The summed E-state index contributed by atoms with van der Waals surface area (Å²) in [5, 5.41) is 3.00. The Morgan fingerprint density at radius 3 is 2.58 bits per heavy atom. The number of benzene rings is 1. The second-order valence-electron chi connectivity index (χ2n) is 5.55. The molecule has 0 aliphatic heterocycles. The minimum absolute atomic E-state index is 0.0265. The molecule has 0 bridgehead atoms. The molecule has 0 aliphatic rings. The zero-order valence-electron chi connectivity index (χ0n) is 13.9. The van der Waals surface area contributed by atoms with Crippen LogP contribution in [-0.4, -0.2) is 23.0 Å². The maximum atomic E-state index is 13.0. The number of anilines is 1. The molecule has 3 rings (SSSR count). The van der Waals surface area contributed by atoms with E-state index in [9.17, 15) is 18.0 Å². The Balaban J connectivity index is 2.09. The molecular weight excluding hydrogens is 347 g/mol. The SMILES string of the molecule is COc1ccc(C(=O)Nc2ccncc2C)c2ccc(C(F)(F)F)nc12. The van der Waals surface area contributed by atoms with Crippen LogP contribution in [0.5, 0.6) is 5.75 Å². The number of carbonyl (C=O) groups excluding carboxylic acids is 1. The van der Waals surface area contributed by atoms with Crippen molar-refractivity contribution < 1.29 is 22.7 Å². The van der Waals surface area contributed by atoms with Gasteiger partial charge in [0.25, 0.3) is 5.91 Å². The fourth-order valence-corrected chi connectivity index (χ4v) is 2.52. The number of amides is 1. The monoisotopic (exact) mass is 361 g/mol. The van der Waals surface area contributed by atoms with Crippen molar-refractivity contribution in [3.05, 3.63) is 59.5 Å². The molecule has 2 heterocycles. The number of hydrogen-bond acceptors (Lipinski definition) is 4. The van der Waals surface area contributed by atoms with Crippen LogP contribution >= 0.6 is 0 Å². The van der Waals surface area contributed by atoms with Crippen molar-refractivity contribution in [2.45, 2.75) is 13.1 Å². The van der Waals surface area contributed by atoms with E-state index in [-0.39, 0.29) is 22.2 Å². The third-order valence-corrected chi connectivity index (χ3v) is 3.84. The highest BCUT2D eigenvalue weighted by atomic mass is 19.4. The average molecular weight is 361 g/mol. The van der Waals surface area contributed by atoms with E-state index in [1.54, 1.807) is 19.2 Å². The first-order valence-corrected chi connectivity index (χ1v) is 7.58. The van der Waals surface area contributed by atoms with Crippen molar-refractivity contribution in [3.8, 4) is 5.75 Å². The Hall–Kier alpha value is -3.16. The number of rotatable bonds is 3. The summed E-state index contributed by atoms with van der Waals surface area (Å²) in [5.74, 6) is -0.309. The largest absolute Gasteiger partial charge is 0.494 e. The fraction of sp³-hybridized carbons (Fsp3) is 0.167. The Kier molecular flexibility index (Phi) is 4.50. The van der Waals surface area contributed by atoms with Gasteiger partial charge in [0.2, 0.25) is 0 Å². The summed E-state index contributed by atoms with van der Waals surface area (Å²) in [5.41, 5.74) is 0.440. The molecule has 1 aromatic carbocycles. The zero-order chi connectivity index (χ0) is 18.9. The standard InChI is InChI=1S/C18H14F3N3O2/c1-10-9-22-8-7-13(10)23-17(25)12-3-5-14(26-2)16-11(12)4-6-15(24-16)18(19,20)21/h3-9H,1-2H3,(H,22,23,25). The second kappa shape index (κ2) is 6.62. The van der Waals surface area contributed by atoms with Crippen molar-refractivity contribution in [1.29, 1.82) is 0 Å². The third kappa shape index (κ3) is 3.30. The minimum Gasteiger partial charge on any atom is -0.494 e. The van der Waals surface area contributed by atoms with Gasteiger partial charge < -0.3 is 10.1 Å². The molecule has 2 aromatic heterocycles. The van der Waals surface area contributed by atoms with Gasteiger partial charge in [-0.25, -0.2) is 4.98 Å². The Labute approximate surface area is 146 Å². The summed E-state index contributed by atoms with van der Waals surface area (Å²) < 4.78 is 44.0. The normalized spacial score (nSPS) is 11.4. The van der Waals surface area contributed by atoms with Gasteiger partial charge >= 0.3 is 6.18 Å². The number of ether oxygens (including phenoxy) is 1. The highest BCUT2D eigenvalue weighted by molar-refractivity contribution is 6.13. The Bertz CT molecular complexity index is 987. The number of alkyl halides is 3. The van der Waals surface area contributed by atoms with Crippen LogP contribution in [0.4, 0.5) is 18.9 Å². The maximum absolute atomic E-state index is 13.0. The molecule has 134 valence electrons. The van der Waals surface area contributed by atoms with Gasteiger partial charge in [0.05, 0.1) is 7.11 Å². The van der Waals surface area contributed by atoms with E-state index in [1.807, 2.05) is 0 Å². The van der Waals surface area contributed by atoms with Gasteiger partial charge in [-0.1, -0.05) is 0 Å². The van der Waals surface area contributed by atoms with Gasteiger partial charge in [0.15, 0.2) is 0 Å². The summed E-state index contributed by atoms with van der Waals surface area (Å²) in [6.45, 7) is 1.78. The van der Waals surface area contributed by atoms with E-state index in [0.717, 1.165) is 11.6 Å². The van der Waals surface area contributed by atoms with Gasteiger partial charge in [-0.15, -0.1) is 0 Å². The highest BCUT2D eigenvalue weighted by Gasteiger charge is 2.33. The van der Waals surface area contributed by atoms with Crippen LogP contribution in [0.25, 0.3) is 10.9 Å². The van der Waals surface area contributed by atoms with E-state index >= 15 is 0 Å². The lowest BCUT2D eigenvalue weighted by atomic mass is 10.1. The van der Waals surface area contributed by atoms with Crippen molar-refractivity contribution in [1.82, 2.24) is 9.97 Å². The minimum atomic E-state index is -4.59. The van der Waals surface area contributed by atoms with Crippen molar-refractivity contribution in [3.63, 3.8) is 0 Å². The number of hydrogen-bond donors (Lipinski definition) is 1. The van der Waals surface area contributed by atoms with Crippen LogP contribution in [0.2, 0.25) is 0 Å². The topological polar surface area (TPSA) is 64.1 Å². The molecule has 0 saturated heterocycles. The summed E-state index contributed by atoms with van der Waals surface area (Å²) in [6.07, 6.45) is -1.46. The quantitative estimate of drug-likeness (QED) is 0.759. The summed E-state index contributed by atoms with van der Waals surface area (Å²) in [6, 6.07) is 6.61. The predicted octanol–water partition coefficient (Wildman–Crippen LogP) is 4.22. The number of aryl methyl sites for hydroxylation is 1. The van der Waals surface area contributed by atoms with Gasteiger partial charge in [-0.2, -0.15) is 13.2 Å². The molecule has 1 amide bonds. The smallest absolute Gasteiger partial charge is 0.433 e. The zero-order valence-corrected chi connectivity index (χ0v) is 13.9. The molecule has 0 saturated carbocycles. The van der Waals surface area contributed by atoms with Crippen molar-refractivity contribution in [2.75, 3.05) is 12.4 Å². The lowest BCUT2D eigenvalue weighted by Gasteiger charge is -2.13. The Morgan fingerprint density at radius 1 is 1.15 bits per heavy atom. The van der Waals surface area contributed by atoms with E-state index in [0.29, 0.717) is 5.69 Å². The molecule has 3 aromatic rings. The average Bonchev–Trinajstić information content (AvgIpc) is 2.61. The van der Waals surface area contributed by atoms with Crippen molar-refractivity contribution in [2.24, 2.45) is 0 Å². The number of nitrogens with one attached hydrogen (secondary N) is 1. The number of methoxy groups -OCH3 is 1. The Morgan fingerprint density at radius 2 is 1.92 bits per heavy atom. The lowest BCUT2D eigenvalue weighted by Crippen LogP contribution is -2.14. The third-order valence-electron chi connectivity index (χ3n) is 3.84. The molecule has 0 fully saturated rings. The van der Waals surface area contributed by atoms with E-state index in [1.165, 1.54) is 31.5 Å². The summed E-state index contributed by atoms with van der Waals surface area (Å²) in [4.78, 5) is 20.2. The van der Waals surface area contributed by atoms with Gasteiger partial charge in [0, 0.05) is 29.0 Å². The van der Waals surface area contributed by atoms with Crippen LogP contribution in [0.15, 0.2) is 42.7 Å². The summed E-state index contributed by atoms with van der Waals surface area (Å²) in [7, 11) is 1.33. The molecule has 0 unspecified atom stereocenters. The molecule has 0 aliphatic carbocycles. The molecule has 1 N–H and O–H groups in total. The number of nitrogens with zero attached hydrogens (tertiary/aromatic N) is 2. The number of aromatic nitrogens is 2. The predicted molar refractivity (Wildman–Crippen MR) is 90.2 cm³/mol. The van der Waals surface area contributed by atoms with Gasteiger partial charge in [-0.3, -0.25) is 9.78 Å². The number of carbonyl (C=O) groups is 1. The maximum Gasteiger partial charge on any atom is 0.433 e. The van der Waals surface area contributed by atoms with Gasteiger partial charge in [-0.05, 0) is 42.8 Å². The van der Waals surface area contributed by atoms with Crippen LogP contribution in [-0.2, 0) is 6.18 Å². The van der Waals surface area contributed by atoms with E-state index in [2.05, 4.69) is 15.3 Å². The van der Waals surface area contributed by atoms with Crippen LogP contribution in [0.3, 0.4) is 0 Å². The number of fused-ring (bicyclic) bond motifs is 1. The molecule has 8 heteroatoms. The molecule has 26 heavy (non-hydrogen) atoms. The molecular formula is C18H14F3N3O2.